The summed E-state index contributed by atoms with van der Waals surface area (Å²) in [6.07, 6.45) is 0.956. The van der Waals surface area contributed by atoms with Gasteiger partial charge in [0, 0.05) is 50.2 Å². The lowest BCUT2D eigenvalue weighted by Gasteiger charge is -2.32. The predicted octanol–water partition coefficient (Wildman–Crippen LogP) is 1.53. The van der Waals surface area contributed by atoms with Gasteiger partial charge in [0.1, 0.15) is 6.54 Å². The molecule has 0 saturated carbocycles. The van der Waals surface area contributed by atoms with Crippen molar-refractivity contribution in [1.29, 1.82) is 0 Å². The van der Waals surface area contributed by atoms with Gasteiger partial charge in [0.2, 0.25) is 5.91 Å². The van der Waals surface area contributed by atoms with Gasteiger partial charge in [0.05, 0.1) is 13.2 Å². The monoisotopic (exact) mass is 521 g/mol. The molecule has 1 atom stereocenters. The van der Waals surface area contributed by atoms with Crippen LogP contribution in [0.3, 0.4) is 0 Å². The number of rotatable bonds is 6. The molecule has 1 aromatic rings. The van der Waals surface area contributed by atoms with Gasteiger partial charge in [0.15, 0.2) is 5.96 Å². The Labute approximate surface area is 188 Å². The molecule has 0 spiro atoms. The number of aliphatic imine (C=N–C) groups is 1. The first-order valence-electron chi connectivity index (χ1n) is 9.84. The van der Waals surface area contributed by atoms with Crippen molar-refractivity contribution in [3.8, 4) is 0 Å². The lowest BCUT2D eigenvalue weighted by atomic mass is 10.1. The first-order chi connectivity index (χ1) is 13.2. The van der Waals surface area contributed by atoms with Crippen molar-refractivity contribution < 1.29 is 9.53 Å². The van der Waals surface area contributed by atoms with Crippen LogP contribution in [0.5, 0.6) is 0 Å². The minimum atomic E-state index is 0. The van der Waals surface area contributed by atoms with E-state index in [2.05, 4.69) is 38.9 Å². The summed E-state index contributed by atoms with van der Waals surface area (Å²) in [5.41, 5.74) is 1.29. The summed E-state index contributed by atoms with van der Waals surface area (Å²) in [7, 11) is 0. The fraction of sp³-hybridized carbons (Fsp3) is 0.684. The van der Waals surface area contributed by atoms with E-state index in [1.54, 1.807) is 11.3 Å². The van der Waals surface area contributed by atoms with Gasteiger partial charge < -0.3 is 20.3 Å². The zero-order chi connectivity index (χ0) is 19.1. The molecule has 2 N–H and O–H groups in total. The number of thiophene rings is 1. The van der Waals surface area contributed by atoms with Gasteiger partial charge in [0.25, 0.3) is 0 Å². The Morgan fingerprint density at radius 1 is 1.32 bits per heavy atom. The summed E-state index contributed by atoms with van der Waals surface area (Å²) in [6.45, 7) is 11.0. The first-order valence-corrected chi connectivity index (χ1v) is 10.7. The molecule has 0 bridgehead atoms. The maximum atomic E-state index is 12.6. The number of carbonyl (C=O) groups is 1. The second kappa shape index (κ2) is 11.9. The number of carbonyl (C=O) groups excluding carboxylic acids is 1. The Morgan fingerprint density at radius 2 is 2.11 bits per heavy atom. The molecule has 3 heterocycles. The second-order valence-corrected chi connectivity index (χ2v) is 8.01. The Bertz CT molecular complexity index is 648. The number of nitrogens with zero attached hydrogens (tertiary/aromatic N) is 3. The van der Waals surface area contributed by atoms with Gasteiger partial charge in [-0.05, 0) is 37.3 Å². The van der Waals surface area contributed by atoms with Crippen LogP contribution in [0.1, 0.15) is 24.3 Å². The van der Waals surface area contributed by atoms with Crippen molar-refractivity contribution in [3.63, 3.8) is 0 Å². The van der Waals surface area contributed by atoms with Gasteiger partial charge in [-0.3, -0.25) is 9.69 Å². The summed E-state index contributed by atoms with van der Waals surface area (Å²) >= 11 is 1.79. The summed E-state index contributed by atoms with van der Waals surface area (Å²) in [6, 6.07) is 2.52. The highest BCUT2D eigenvalue weighted by Gasteiger charge is 2.21. The van der Waals surface area contributed by atoms with Crippen LogP contribution in [0.25, 0.3) is 0 Å². The SMILES string of the molecule is CCNC(=NCC(=O)N1CCc2sccc2C1)NCC(C)N1CCOCC1.I. The molecule has 28 heavy (non-hydrogen) atoms. The summed E-state index contributed by atoms with van der Waals surface area (Å²) in [5.74, 6) is 0.796. The van der Waals surface area contributed by atoms with Crippen molar-refractivity contribution in [1.82, 2.24) is 20.4 Å². The maximum absolute atomic E-state index is 12.6. The lowest BCUT2D eigenvalue weighted by molar-refractivity contribution is -0.130. The van der Waals surface area contributed by atoms with Crippen molar-refractivity contribution in [3.05, 3.63) is 21.9 Å². The van der Waals surface area contributed by atoms with Crippen molar-refractivity contribution in [2.75, 3.05) is 52.5 Å². The van der Waals surface area contributed by atoms with Gasteiger partial charge in [-0.1, -0.05) is 0 Å². The third-order valence-corrected chi connectivity index (χ3v) is 6.13. The third-order valence-electron chi connectivity index (χ3n) is 5.11. The van der Waals surface area contributed by atoms with E-state index in [1.165, 1.54) is 10.4 Å². The number of hydrogen-bond acceptors (Lipinski definition) is 5. The van der Waals surface area contributed by atoms with Crippen molar-refractivity contribution >= 4 is 47.2 Å². The predicted molar refractivity (Wildman–Crippen MR) is 125 cm³/mol. The van der Waals surface area contributed by atoms with Crippen LogP contribution in [0.4, 0.5) is 0 Å². The van der Waals surface area contributed by atoms with E-state index in [9.17, 15) is 4.79 Å². The van der Waals surface area contributed by atoms with Crippen molar-refractivity contribution in [2.24, 2.45) is 4.99 Å². The molecule has 1 saturated heterocycles. The average molecular weight is 521 g/mol. The number of halogens is 1. The molecule has 7 nitrogen and oxygen atoms in total. The highest BCUT2D eigenvalue weighted by Crippen LogP contribution is 2.23. The largest absolute Gasteiger partial charge is 0.379 e. The molecule has 2 aliphatic heterocycles. The molecule has 1 fully saturated rings. The maximum Gasteiger partial charge on any atom is 0.244 e. The van der Waals surface area contributed by atoms with Crippen molar-refractivity contribution in [2.45, 2.75) is 32.9 Å². The van der Waals surface area contributed by atoms with Crippen LogP contribution in [-0.4, -0.2) is 80.2 Å². The standard InChI is InChI=1S/C19H31N5O2S.HI/c1-3-20-19(21-12-15(2)23-7-9-26-10-8-23)22-13-18(25)24-6-4-17-16(14-24)5-11-27-17;/h5,11,15H,3-4,6-10,12-14H2,1-2H3,(H2,20,21,22);1H. The molecule has 158 valence electrons. The van der Waals surface area contributed by atoms with Crippen LogP contribution in [0, 0.1) is 0 Å². The van der Waals surface area contributed by atoms with E-state index in [-0.39, 0.29) is 36.4 Å². The Morgan fingerprint density at radius 3 is 2.86 bits per heavy atom. The molecule has 0 aromatic carbocycles. The number of ether oxygens (including phenoxy) is 1. The van der Waals surface area contributed by atoms with Gasteiger partial charge in [-0.2, -0.15) is 0 Å². The van der Waals surface area contributed by atoms with E-state index < -0.39 is 0 Å². The van der Waals surface area contributed by atoms with Gasteiger partial charge in [-0.15, -0.1) is 35.3 Å². The molecule has 9 heteroatoms. The zero-order valence-corrected chi connectivity index (χ0v) is 19.9. The summed E-state index contributed by atoms with van der Waals surface area (Å²) in [5, 5.41) is 8.72. The first kappa shape index (κ1) is 23.4. The highest BCUT2D eigenvalue weighted by atomic mass is 127. The Kier molecular flexibility index (Phi) is 9.96. The molecule has 0 radical (unpaired) electrons. The average Bonchev–Trinajstić information content (AvgIpc) is 3.18. The minimum absolute atomic E-state index is 0. The van der Waals surface area contributed by atoms with Crippen LogP contribution < -0.4 is 10.6 Å². The van der Waals surface area contributed by atoms with Crippen LogP contribution in [0.2, 0.25) is 0 Å². The number of amides is 1. The topological polar surface area (TPSA) is 69.2 Å². The highest BCUT2D eigenvalue weighted by molar-refractivity contribution is 14.0. The van der Waals surface area contributed by atoms with Crippen LogP contribution >= 0.6 is 35.3 Å². The zero-order valence-electron chi connectivity index (χ0n) is 16.8. The number of morpholine rings is 1. The molecular formula is C19H32IN5O2S. The van der Waals surface area contributed by atoms with E-state index >= 15 is 0 Å². The number of nitrogens with one attached hydrogen (secondary N) is 2. The minimum Gasteiger partial charge on any atom is -0.379 e. The van der Waals surface area contributed by atoms with Crippen LogP contribution in [-0.2, 0) is 22.5 Å². The molecule has 0 aliphatic carbocycles. The molecule has 1 amide bonds. The van der Waals surface area contributed by atoms with Gasteiger partial charge in [-0.25, -0.2) is 4.99 Å². The molecule has 1 unspecified atom stereocenters. The third kappa shape index (κ3) is 6.57. The lowest BCUT2D eigenvalue weighted by Crippen LogP contribution is -2.49. The molecular weight excluding hydrogens is 489 g/mol. The van der Waals surface area contributed by atoms with E-state index in [1.807, 2.05) is 11.8 Å². The van der Waals surface area contributed by atoms with Crippen LogP contribution in [0.15, 0.2) is 16.4 Å². The quantitative estimate of drug-likeness (QED) is 0.338. The number of guanidine groups is 1. The Balaban J connectivity index is 0.00000280. The number of fused-ring (bicyclic) bond motifs is 1. The molecule has 3 rings (SSSR count). The summed E-state index contributed by atoms with van der Waals surface area (Å²) < 4.78 is 5.41. The van der Waals surface area contributed by atoms with E-state index in [4.69, 9.17) is 4.74 Å². The summed E-state index contributed by atoms with van der Waals surface area (Å²) in [4.78, 5) is 22.8. The number of hydrogen-bond donors (Lipinski definition) is 2. The second-order valence-electron chi connectivity index (χ2n) is 7.01. The Hall–Kier alpha value is -0.910. The van der Waals surface area contributed by atoms with E-state index in [0.29, 0.717) is 18.5 Å². The normalized spacial score (nSPS) is 18.8. The fourth-order valence-corrected chi connectivity index (χ4v) is 4.33. The smallest absolute Gasteiger partial charge is 0.244 e. The fourth-order valence-electron chi connectivity index (χ4n) is 3.44. The van der Waals surface area contributed by atoms with Gasteiger partial charge >= 0.3 is 0 Å². The van der Waals surface area contributed by atoms with E-state index in [0.717, 1.165) is 52.4 Å². The molecule has 2 aliphatic rings. The molecule has 1 aromatic heterocycles.